The molecule has 0 fully saturated rings. The van der Waals surface area contributed by atoms with Crippen LogP contribution in [0.3, 0.4) is 0 Å². The number of hydrogen-bond acceptors (Lipinski definition) is 2. The van der Waals surface area contributed by atoms with Gasteiger partial charge in [0.1, 0.15) is 16.5 Å². The summed E-state index contributed by atoms with van der Waals surface area (Å²) in [4.78, 5) is 1.75. The molecule has 0 aliphatic heterocycles. The molecular weight excluding hydrogens is 236 g/mol. The Labute approximate surface area is 103 Å². The van der Waals surface area contributed by atoms with E-state index in [0.29, 0.717) is 5.02 Å². The first-order valence-corrected chi connectivity index (χ1v) is 5.63. The van der Waals surface area contributed by atoms with Gasteiger partial charge < -0.3 is 0 Å². The van der Waals surface area contributed by atoms with Crippen LogP contribution in [-0.4, -0.2) is 15.1 Å². The largest absolute Gasteiger partial charge is 0.330 e. The molecule has 0 spiro atoms. The van der Waals surface area contributed by atoms with Crippen LogP contribution in [0, 0.1) is 6.92 Å². The maximum Gasteiger partial charge on any atom is 0.330 e. The molecule has 0 aliphatic rings. The fourth-order valence-corrected chi connectivity index (χ4v) is 1.91. The van der Waals surface area contributed by atoms with E-state index >= 15 is 0 Å². The Morgan fingerprint density at radius 2 is 1.88 bits per heavy atom. The molecular formula is C12H10ClN4+. The Balaban J connectivity index is 2.27. The van der Waals surface area contributed by atoms with Gasteiger partial charge in [0.05, 0.1) is 0 Å². The van der Waals surface area contributed by atoms with Crippen molar-refractivity contribution in [3.63, 3.8) is 0 Å². The molecule has 0 amide bonds. The van der Waals surface area contributed by atoms with Crippen molar-refractivity contribution in [2.24, 2.45) is 0 Å². The predicted octanol–water partition coefficient (Wildman–Crippen LogP) is 1.97. The zero-order chi connectivity index (χ0) is 11.8. The minimum absolute atomic E-state index is 0.708. The second-order valence-electron chi connectivity index (χ2n) is 3.79. The first-order valence-electron chi connectivity index (χ1n) is 5.25. The molecule has 4 nitrogen and oxygen atoms in total. The number of rotatable bonds is 1. The van der Waals surface area contributed by atoms with Crippen LogP contribution in [0.15, 0.2) is 42.5 Å². The minimum Gasteiger partial charge on any atom is -0.121 e. The van der Waals surface area contributed by atoms with E-state index in [0.717, 1.165) is 17.0 Å². The van der Waals surface area contributed by atoms with Gasteiger partial charge in [0.15, 0.2) is 5.21 Å². The Bertz CT molecular complexity index is 673. The second-order valence-corrected chi connectivity index (χ2v) is 4.23. The number of fused-ring (bicyclic) bond motifs is 1. The van der Waals surface area contributed by atoms with Crippen LogP contribution in [0.4, 0.5) is 0 Å². The van der Waals surface area contributed by atoms with Crippen LogP contribution in [0.1, 0.15) is 5.69 Å². The van der Waals surface area contributed by atoms with Gasteiger partial charge in [-0.15, -0.1) is 4.52 Å². The third kappa shape index (κ3) is 1.66. The van der Waals surface area contributed by atoms with Crippen molar-refractivity contribution in [1.29, 1.82) is 0 Å². The number of aromatic nitrogens is 4. The predicted molar refractivity (Wildman–Crippen MR) is 64.3 cm³/mol. The minimum atomic E-state index is 0.708. The average molecular weight is 246 g/mol. The summed E-state index contributed by atoms with van der Waals surface area (Å²) < 4.78 is 1.95. The number of halogens is 1. The van der Waals surface area contributed by atoms with E-state index in [1.807, 2.05) is 53.9 Å². The van der Waals surface area contributed by atoms with Gasteiger partial charge in [0.2, 0.25) is 0 Å². The fourth-order valence-electron chi connectivity index (χ4n) is 1.79. The van der Waals surface area contributed by atoms with Crippen LogP contribution < -0.4 is 4.52 Å². The number of pyridine rings is 1. The van der Waals surface area contributed by atoms with Gasteiger partial charge in [-0.3, -0.25) is 0 Å². The monoisotopic (exact) mass is 245 g/mol. The van der Waals surface area contributed by atoms with Crippen molar-refractivity contribution in [3.8, 4) is 5.69 Å². The Kier molecular flexibility index (Phi) is 2.30. The van der Waals surface area contributed by atoms with Crippen molar-refractivity contribution in [2.75, 3.05) is 0 Å². The van der Waals surface area contributed by atoms with Crippen LogP contribution in [0.25, 0.3) is 11.3 Å². The number of benzene rings is 1. The molecule has 0 radical (unpaired) electrons. The summed E-state index contributed by atoms with van der Waals surface area (Å²) in [6.45, 7) is 2.02. The van der Waals surface area contributed by atoms with E-state index < -0.39 is 0 Å². The first-order chi connectivity index (χ1) is 8.25. The highest BCUT2D eigenvalue weighted by atomic mass is 35.5. The Morgan fingerprint density at radius 3 is 2.65 bits per heavy atom. The molecule has 0 saturated heterocycles. The third-order valence-electron chi connectivity index (χ3n) is 2.61. The quantitative estimate of drug-likeness (QED) is 0.615. The lowest BCUT2D eigenvalue weighted by atomic mass is 10.3. The Morgan fingerprint density at radius 1 is 1.12 bits per heavy atom. The highest BCUT2D eigenvalue weighted by Gasteiger charge is 2.15. The van der Waals surface area contributed by atoms with Gasteiger partial charge in [-0.05, 0) is 42.1 Å². The molecule has 0 bridgehead atoms. The van der Waals surface area contributed by atoms with Crippen molar-refractivity contribution in [1.82, 2.24) is 15.1 Å². The zero-order valence-corrected chi connectivity index (χ0v) is 9.96. The van der Waals surface area contributed by atoms with Crippen LogP contribution in [0.2, 0.25) is 5.02 Å². The summed E-state index contributed by atoms with van der Waals surface area (Å²) in [5.74, 6) is 0. The molecule has 0 atom stereocenters. The van der Waals surface area contributed by atoms with Gasteiger partial charge in [0, 0.05) is 11.1 Å². The Hall–Kier alpha value is -1.94. The van der Waals surface area contributed by atoms with Crippen LogP contribution >= 0.6 is 11.6 Å². The van der Waals surface area contributed by atoms with Crippen LogP contribution in [-0.2, 0) is 0 Å². The van der Waals surface area contributed by atoms with E-state index in [1.165, 1.54) is 0 Å². The number of tetrazole rings is 1. The molecule has 0 saturated carbocycles. The van der Waals surface area contributed by atoms with Gasteiger partial charge in [-0.2, -0.15) is 0 Å². The summed E-state index contributed by atoms with van der Waals surface area (Å²) in [7, 11) is 0. The highest BCUT2D eigenvalue weighted by molar-refractivity contribution is 6.30. The molecule has 84 valence electrons. The lowest BCUT2D eigenvalue weighted by Crippen LogP contribution is -2.35. The average Bonchev–Trinajstić information content (AvgIpc) is 2.75. The molecule has 3 aromatic rings. The summed E-state index contributed by atoms with van der Waals surface area (Å²) in [6, 6.07) is 13.4. The van der Waals surface area contributed by atoms with Crippen molar-refractivity contribution in [3.05, 3.63) is 53.2 Å². The number of hydrogen-bond donors (Lipinski definition) is 0. The van der Waals surface area contributed by atoms with E-state index in [9.17, 15) is 0 Å². The molecule has 0 unspecified atom stereocenters. The van der Waals surface area contributed by atoms with Gasteiger partial charge in [0.25, 0.3) is 0 Å². The van der Waals surface area contributed by atoms with Crippen LogP contribution in [0.5, 0.6) is 0 Å². The standard InChI is InChI=1S/C12H10ClN4/c1-9-3-2-4-12-14-15-17(16(9)12)11-7-5-10(13)6-8-11/h2-8H,1H3/q+1. The summed E-state index contributed by atoms with van der Waals surface area (Å²) in [6.07, 6.45) is 0. The SMILES string of the molecule is Cc1cccc2nnn(-c3ccc(Cl)cc3)[n+]12. The van der Waals surface area contributed by atoms with Crippen molar-refractivity contribution < 1.29 is 4.52 Å². The molecule has 17 heavy (non-hydrogen) atoms. The summed E-state index contributed by atoms with van der Waals surface area (Å²) in [5.41, 5.74) is 2.82. The second kappa shape index (κ2) is 3.82. The lowest BCUT2D eigenvalue weighted by molar-refractivity contribution is -0.610. The highest BCUT2D eigenvalue weighted by Crippen LogP contribution is 2.11. The molecule has 0 aliphatic carbocycles. The topological polar surface area (TPSA) is 34.8 Å². The summed E-state index contributed by atoms with van der Waals surface area (Å²) in [5, 5.41) is 8.97. The normalized spacial score (nSPS) is 10.9. The van der Waals surface area contributed by atoms with E-state index in [4.69, 9.17) is 11.6 Å². The smallest absolute Gasteiger partial charge is 0.121 e. The van der Waals surface area contributed by atoms with Gasteiger partial charge >= 0.3 is 5.65 Å². The van der Waals surface area contributed by atoms with E-state index in [2.05, 4.69) is 10.3 Å². The molecule has 0 N–H and O–H groups in total. The maximum atomic E-state index is 5.87. The maximum absolute atomic E-state index is 5.87. The molecule has 2 heterocycles. The molecule has 2 aromatic heterocycles. The number of aryl methyl sites for hydroxylation is 1. The zero-order valence-electron chi connectivity index (χ0n) is 9.21. The molecule has 1 aromatic carbocycles. The van der Waals surface area contributed by atoms with E-state index in [1.54, 1.807) is 4.80 Å². The molecule has 3 rings (SSSR count). The number of nitrogens with zero attached hydrogens (tertiary/aromatic N) is 4. The fraction of sp³-hybridized carbons (Fsp3) is 0.0833. The van der Waals surface area contributed by atoms with Gasteiger partial charge in [-0.25, -0.2) is 0 Å². The summed E-state index contributed by atoms with van der Waals surface area (Å²) >= 11 is 5.87. The van der Waals surface area contributed by atoms with Gasteiger partial charge in [-0.1, -0.05) is 17.7 Å². The molecule has 5 heteroatoms. The van der Waals surface area contributed by atoms with E-state index in [-0.39, 0.29) is 0 Å². The first kappa shape index (κ1) is 10.2. The van der Waals surface area contributed by atoms with Crippen molar-refractivity contribution >= 4 is 17.2 Å². The third-order valence-corrected chi connectivity index (χ3v) is 2.86. The lowest BCUT2D eigenvalue weighted by Gasteiger charge is -1.99. The van der Waals surface area contributed by atoms with Crippen molar-refractivity contribution in [2.45, 2.75) is 6.92 Å².